The monoisotopic (exact) mass is 740 g/mol. The van der Waals surface area contributed by atoms with Crippen LogP contribution in [0.25, 0.3) is 32.7 Å². The molecular weight excluding hydrogens is 677 g/mol. The van der Waals surface area contributed by atoms with Crippen LogP contribution in [0.5, 0.6) is 11.5 Å². The quantitative estimate of drug-likeness (QED) is 0.0623. The molecule has 0 amide bonds. The molecule has 0 aromatic heterocycles. The third-order valence-electron chi connectivity index (χ3n) is 10.1. The maximum atomic E-state index is 6.44. The Balaban J connectivity index is 1.66. The van der Waals surface area contributed by atoms with Crippen LogP contribution < -0.4 is 9.47 Å². The van der Waals surface area contributed by atoms with Crippen molar-refractivity contribution >= 4 is 56.3 Å². The lowest BCUT2D eigenvalue weighted by Gasteiger charge is -2.21. The number of hydrogen-bond donors (Lipinski definition) is 0. The van der Waals surface area contributed by atoms with E-state index in [0.717, 1.165) is 34.7 Å². The molecule has 282 valence electrons. The van der Waals surface area contributed by atoms with Crippen molar-refractivity contribution in [3.63, 3.8) is 0 Å². The molecule has 4 nitrogen and oxygen atoms in total. The van der Waals surface area contributed by atoms with Crippen molar-refractivity contribution in [3.05, 3.63) is 71.8 Å². The highest BCUT2D eigenvalue weighted by atomic mass is 32.1. The Morgan fingerprint density at radius 3 is 1.13 bits per heavy atom. The van der Waals surface area contributed by atoms with E-state index in [2.05, 4.69) is 74.5 Å². The SMILES string of the molecule is CCCCCCCCCCc1ccc2cc(OC(=S)N(C)C)c(-c3cc4cc(CCCCCCCCCC)ccc4cc3OC(=S)N(C)C)cc2c1. The molecule has 4 aromatic rings. The Hall–Kier alpha value is -3.22. The van der Waals surface area contributed by atoms with E-state index in [9.17, 15) is 0 Å². The topological polar surface area (TPSA) is 24.9 Å². The Morgan fingerprint density at radius 2 is 0.788 bits per heavy atom. The Labute approximate surface area is 326 Å². The first-order valence-electron chi connectivity index (χ1n) is 20.1. The van der Waals surface area contributed by atoms with Crippen LogP contribution in [0, 0.1) is 0 Å². The molecule has 6 heteroatoms. The molecule has 4 rings (SSSR count). The summed E-state index contributed by atoms with van der Waals surface area (Å²) in [6.45, 7) is 4.56. The van der Waals surface area contributed by atoms with Crippen molar-refractivity contribution in [2.45, 2.75) is 129 Å². The number of unbranched alkanes of at least 4 members (excludes halogenated alkanes) is 14. The summed E-state index contributed by atoms with van der Waals surface area (Å²) < 4.78 is 12.9. The number of ether oxygens (including phenoxy) is 2. The first kappa shape index (κ1) is 41.5. The van der Waals surface area contributed by atoms with Gasteiger partial charge in [-0.2, -0.15) is 0 Å². The minimum absolute atomic E-state index is 0.409. The van der Waals surface area contributed by atoms with E-state index in [1.54, 1.807) is 0 Å². The maximum Gasteiger partial charge on any atom is 0.264 e. The summed E-state index contributed by atoms with van der Waals surface area (Å²) in [7, 11) is 7.65. The zero-order valence-electron chi connectivity index (χ0n) is 33.0. The second-order valence-electron chi connectivity index (χ2n) is 15.0. The van der Waals surface area contributed by atoms with Gasteiger partial charge < -0.3 is 19.3 Å². The average molecular weight is 741 g/mol. The molecule has 0 N–H and O–H groups in total. The standard InChI is InChI=1S/C46H64N2O2S2/c1-7-9-11-13-15-17-19-21-23-35-25-27-37-33-43(49-45(51)47(3)4)41(31-39(37)29-35)42-32-40-30-36(24-22-20-18-16-14-12-10-8-2)26-28-38(40)34-44(42)50-46(52)48(5)6/h25-34H,7-24H2,1-6H3. The van der Waals surface area contributed by atoms with Crippen LogP contribution in [0.15, 0.2) is 60.7 Å². The minimum atomic E-state index is 0.409. The summed E-state index contributed by atoms with van der Waals surface area (Å²) >= 11 is 11.3. The Morgan fingerprint density at radius 1 is 0.442 bits per heavy atom. The van der Waals surface area contributed by atoms with Crippen molar-refractivity contribution in [1.82, 2.24) is 9.80 Å². The third-order valence-corrected chi connectivity index (χ3v) is 11.0. The number of nitrogens with zero attached hydrogens (tertiary/aromatic N) is 2. The van der Waals surface area contributed by atoms with E-state index < -0.39 is 0 Å². The number of hydrogen-bond acceptors (Lipinski definition) is 4. The van der Waals surface area contributed by atoms with Gasteiger partial charge in [0, 0.05) is 39.3 Å². The van der Waals surface area contributed by atoms with Crippen molar-refractivity contribution in [3.8, 4) is 22.6 Å². The molecule has 0 unspecified atom stereocenters. The number of fused-ring (bicyclic) bond motifs is 2. The van der Waals surface area contributed by atoms with Crippen LogP contribution >= 0.6 is 24.4 Å². The molecule has 0 bridgehead atoms. The average Bonchev–Trinajstić information content (AvgIpc) is 3.13. The lowest BCUT2D eigenvalue weighted by Crippen LogP contribution is -2.25. The maximum absolute atomic E-state index is 6.44. The second-order valence-corrected chi connectivity index (χ2v) is 15.7. The van der Waals surface area contributed by atoms with Gasteiger partial charge in [0.25, 0.3) is 10.3 Å². The molecule has 0 radical (unpaired) electrons. The van der Waals surface area contributed by atoms with Gasteiger partial charge >= 0.3 is 0 Å². The zero-order valence-corrected chi connectivity index (χ0v) is 34.7. The largest absolute Gasteiger partial charge is 0.431 e. The van der Waals surface area contributed by atoms with Gasteiger partial charge in [0.05, 0.1) is 0 Å². The third kappa shape index (κ3) is 13.0. The van der Waals surface area contributed by atoms with Crippen LogP contribution in [0.2, 0.25) is 0 Å². The first-order valence-corrected chi connectivity index (χ1v) is 20.9. The van der Waals surface area contributed by atoms with E-state index in [0.29, 0.717) is 21.8 Å². The molecule has 0 fully saturated rings. The lowest BCUT2D eigenvalue weighted by molar-refractivity contribution is 0.447. The fourth-order valence-electron chi connectivity index (χ4n) is 6.85. The van der Waals surface area contributed by atoms with Crippen LogP contribution in [-0.4, -0.2) is 48.3 Å². The van der Waals surface area contributed by atoms with Gasteiger partial charge in [-0.3, -0.25) is 0 Å². The zero-order chi connectivity index (χ0) is 37.3. The predicted molar refractivity (Wildman–Crippen MR) is 233 cm³/mol. The Bertz CT molecular complexity index is 1600. The van der Waals surface area contributed by atoms with Crippen LogP contribution in [0.3, 0.4) is 0 Å². The molecular formula is C46H64N2O2S2. The summed E-state index contributed by atoms with van der Waals surface area (Å²) in [6, 6.07) is 22.4. The molecule has 0 aliphatic rings. The van der Waals surface area contributed by atoms with Gasteiger partial charge in [0.15, 0.2) is 0 Å². The van der Waals surface area contributed by atoms with E-state index in [-0.39, 0.29) is 0 Å². The van der Waals surface area contributed by atoms with E-state index in [1.165, 1.54) is 125 Å². The fraction of sp³-hybridized carbons (Fsp3) is 0.522. The molecule has 0 saturated carbocycles. The smallest absolute Gasteiger partial charge is 0.264 e. The van der Waals surface area contributed by atoms with E-state index >= 15 is 0 Å². The molecule has 0 heterocycles. The molecule has 0 spiro atoms. The molecule has 4 aromatic carbocycles. The molecule has 0 atom stereocenters. The van der Waals surface area contributed by atoms with Gasteiger partial charge in [-0.15, -0.1) is 0 Å². The number of thiocarbonyl (C=S) groups is 2. The number of rotatable bonds is 21. The van der Waals surface area contributed by atoms with Gasteiger partial charge in [0.2, 0.25) is 0 Å². The second kappa shape index (κ2) is 22.1. The molecule has 0 saturated heterocycles. The highest BCUT2D eigenvalue weighted by Gasteiger charge is 2.19. The van der Waals surface area contributed by atoms with Crippen molar-refractivity contribution < 1.29 is 9.47 Å². The van der Waals surface area contributed by atoms with Crippen LogP contribution in [-0.2, 0) is 12.8 Å². The highest BCUT2D eigenvalue weighted by Crippen LogP contribution is 2.42. The highest BCUT2D eigenvalue weighted by molar-refractivity contribution is 7.80. The minimum Gasteiger partial charge on any atom is -0.431 e. The van der Waals surface area contributed by atoms with E-state index in [4.69, 9.17) is 33.9 Å². The fourth-order valence-corrected chi connectivity index (χ4v) is 7.03. The lowest BCUT2D eigenvalue weighted by atomic mass is 9.94. The van der Waals surface area contributed by atoms with Gasteiger partial charge in [-0.1, -0.05) is 140 Å². The number of benzene rings is 4. The van der Waals surface area contributed by atoms with E-state index in [1.807, 2.05) is 38.0 Å². The van der Waals surface area contributed by atoms with Gasteiger partial charge in [-0.05, 0) is 107 Å². The summed E-state index contributed by atoms with van der Waals surface area (Å²) in [5, 5.41) is 5.43. The van der Waals surface area contributed by atoms with Crippen molar-refractivity contribution in [2.75, 3.05) is 28.2 Å². The normalized spacial score (nSPS) is 11.3. The van der Waals surface area contributed by atoms with Crippen molar-refractivity contribution in [2.24, 2.45) is 0 Å². The van der Waals surface area contributed by atoms with Crippen LogP contribution in [0.4, 0.5) is 0 Å². The van der Waals surface area contributed by atoms with Gasteiger partial charge in [0.1, 0.15) is 11.5 Å². The molecule has 52 heavy (non-hydrogen) atoms. The van der Waals surface area contributed by atoms with Crippen LogP contribution in [0.1, 0.15) is 128 Å². The van der Waals surface area contributed by atoms with Crippen molar-refractivity contribution in [1.29, 1.82) is 0 Å². The summed E-state index contributed by atoms with van der Waals surface area (Å²) in [5.41, 5.74) is 4.62. The van der Waals surface area contributed by atoms with Gasteiger partial charge in [-0.25, -0.2) is 0 Å². The summed E-state index contributed by atoms with van der Waals surface area (Å²) in [5.74, 6) is 1.41. The summed E-state index contributed by atoms with van der Waals surface area (Å²) in [6.07, 6.45) is 23.4. The predicted octanol–water partition coefficient (Wildman–Crippen LogP) is 13.5. The molecule has 0 aliphatic heterocycles. The Kier molecular flexibility index (Phi) is 17.7. The first-order chi connectivity index (χ1) is 25.2. The summed E-state index contributed by atoms with van der Waals surface area (Å²) in [4.78, 5) is 3.65. The number of aryl methyl sites for hydroxylation is 2. The molecule has 0 aliphatic carbocycles.